The molecule has 12 heavy (non-hydrogen) atoms. The van der Waals surface area contributed by atoms with Crippen molar-refractivity contribution in [3.8, 4) is 0 Å². The number of ether oxygens (including phenoxy) is 1. The smallest absolute Gasteiger partial charge is 0.233 e. The van der Waals surface area contributed by atoms with Crippen LogP contribution < -0.4 is 10.6 Å². The molecule has 1 aliphatic rings. The minimum absolute atomic E-state index is 0.0888. The van der Waals surface area contributed by atoms with Crippen molar-refractivity contribution in [1.82, 2.24) is 10.6 Å². The molecule has 5 nitrogen and oxygen atoms in total. The number of amides is 1. The van der Waals surface area contributed by atoms with Gasteiger partial charge in [0.25, 0.3) is 0 Å². The fourth-order valence-electron chi connectivity index (χ4n) is 1.05. The Balaban J connectivity index is 2.18. The molecule has 2 atom stereocenters. The average molecular weight is 174 g/mol. The molecule has 2 unspecified atom stereocenters. The summed E-state index contributed by atoms with van der Waals surface area (Å²) in [6.07, 6.45) is -0.491. The maximum atomic E-state index is 10.8. The lowest BCUT2D eigenvalue weighted by Crippen LogP contribution is -2.43. The minimum Gasteiger partial charge on any atom is -0.389 e. The monoisotopic (exact) mass is 174 g/mol. The zero-order valence-corrected chi connectivity index (χ0v) is 7.04. The Hall–Kier alpha value is -0.650. The highest BCUT2D eigenvalue weighted by molar-refractivity contribution is 5.77. The van der Waals surface area contributed by atoms with Crippen molar-refractivity contribution in [1.29, 1.82) is 0 Å². The highest BCUT2D eigenvalue weighted by atomic mass is 16.5. The van der Waals surface area contributed by atoms with E-state index in [1.54, 1.807) is 7.05 Å². The molecule has 1 aliphatic heterocycles. The molecule has 0 aliphatic carbocycles. The van der Waals surface area contributed by atoms with Crippen molar-refractivity contribution in [3.63, 3.8) is 0 Å². The second-order valence-electron chi connectivity index (χ2n) is 2.77. The first kappa shape index (κ1) is 9.44. The molecule has 0 aromatic carbocycles. The number of aliphatic hydroxyl groups is 1. The van der Waals surface area contributed by atoms with E-state index < -0.39 is 6.10 Å². The van der Waals surface area contributed by atoms with Gasteiger partial charge in [-0.15, -0.1) is 0 Å². The van der Waals surface area contributed by atoms with Gasteiger partial charge >= 0.3 is 0 Å². The van der Waals surface area contributed by atoms with E-state index in [2.05, 4.69) is 10.6 Å². The third kappa shape index (κ3) is 2.44. The van der Waals surface area contributed by atoms with E-state index in [4.69, 9.17) is 4.74 Å². The van der Waals surface area contributed by atoms with Gasteiger partial charge in [0.15, 0.2) is 0 Å². The lowest BCUT2D eigenvalue weighted by atomic mass is 10.2. The van der Waals surface area contributed by atoms with E-state index >= 15 is 0 Å². The molecule has 3 N–H and O–H groups in total. The van der Waals surface area contributed by atoms with Crippen LogP contribution in [0.4, 0.5) is 0 Å². The largest absolute Gasteiger partial charge is 0.389 e. The summed E-state index contributed by atoms with van der Waals surface area (Å²) in [4.78, 5) is 10.8. The van der Waals surface area contributed by atoms with Gasteiger partial charge in [-0.3, -0.25) is 4.79 Å². The van der Waals surface area contributed by atoms with Crippen LogP contribution >= 0.6 is 0 Å². The average Bonchev–Trinajstić information content (AvgIpc) is 2.47. The molecule has 1 saturated heterocycles. The number of aliphatic hydroxyl groups excluding tert-OH is 1. The van der Waals surface area contributed by atoms with Crippen LogP contribution in [0.3, 0.4) is 0 Å². The van der Waals surface area contributed by atoms with E-state index in [9.17, 15) is 9.90 Å². The van der Waals surface area contributed by atoms with Gasteiger partial charge in [-0.05, 0) is 0 Å². The fourth-order valence-corrected chi connectivity index (χ4v) is 1.05. The van der Waals surface area contributed by atoms with Gasteiger partial charge in [-0.25, -0.2) is 0 Å². The minimum atomic E-state index is -0.491. The summed E-state index contributed by atoms with van der Waals surface area (Å²) in [6.45, 7) is 1.05. The molecule has 0 saturated carbocycles. The van der Waals surface area contributed by atoms with Crippen molar-refractivity contribution in [2.75, 3.05) is 26.8 Å². The molecule has 0 spiro atoms. The molecule has 70 valence electrons. The van der Waals surface area contributed by atoms with Crippen molar-refractivity contribution in [3.05, 3.63) is 0 Å². The van der Waals surface area contributed by atoms with Gasteiger partial charge in [-0.1, -0.05) is 0 Å². The van der Waals surface area contributed by atoms with Crippen LogP contribution in [-0.2, 0) is 9.53 Å². The van der Waals surface area contributed by atoms with Crippen LogP contribution in [0.1, 0.15) is 0 Å². The SMILES string of the molecule is CNC(=O)CNC1COCC1O. The molecule has 5 heteroatoms. The van der Waals surface area contributed by atoms with Crippen molar-refractivity contribution < 1.29 is 14.6 Å². The normalized spacial score (nSPS) is 28.8. The summed E-state index contributed by atoms with van der Waals surface area (Å²) >= 11 is 0. The van der Waals surface area contributed by atoms with Crippen LogP contribution in [0.5, 0.6) is 0 Å². The molecule has 0 aromatic rings. The molecular formula is C7H14N2O3. The van der Waals surface area contributed by atoms with E-state index in [1.807, 2.05) is 0 Å². The molecule has 1 fully saturated rings. The lowest BCUT2D eigenvalue weighted by molar-refractivity contribution is -0.119. The van der Waals surface area contributed by atoms with Gasteiger partial charge in [0.05, 0.1) is 31.9 Å². The Labute approximate surface area is 71.1 Å². The third-order valence-corrected chi connectivity index (χ3v) is 1.85. The first-order valence-electron chi connectivity index (χ1n) is 3.94. The van der Waals surface area contributed by atoms with Gasteiger partial charge < -0.3 is 20.5 Å². The quantitative estimate of drug-likeness (QED) is 0.466. The first-order valence-corrected chi connectivity index (χ1v) is 3.94. The van der Waals surface area contributed by atoms with Crippen molar-refractivity contribution in [2.24, 2.45) is 0 Å². The Kier molecular flexibility index (Phi) is 3.46. The van der Waals surface area contributed by atoms with Crippen LogP contribution in [-0.4, -0.2) is 50.0 Å². The summed E-state index contributed by atoms with van der Waals surface area (Å²) in [6, 6.07) is -0.109. The Morgan fingerprint density at radius 1 is 1.67 bits per heavy atom. The first-order chi connectivity index (χ1) is 5.74. The molecule has 0 bridgehead atoms. The number of nitrogens with one attached hydrogen (secondary N) is 2. The summed E-state index contributed by atoms with van der Waals surface area (Å²) in [5.74, 6) is -0.0888. The van der Waals surface area contributed by atoms with Crippen LogP contribution in [0.2, 0.25) is 0 Å². The summed E-state index contributed by atoms with van der Waals surface area (Å²) < 4.78 is 4.99. The predicted octanol–water partition coefficient (Wildman–Crippen LogP) is -1.92. The molecule has 1 amide bonds. The van der Waals surface area contributed by atoms with E-state index in [0.717, 1.165) is 0 Å². The zero-order chi connectivity index (χ0) is 8.97. The molecular weight excluding hydrogens is 160 g/mol. The second-order valence-corrected chi connectivity index (χ2v) is 2.77. The van der Waals surface area contributed by atoms with Gasteiger partial charge in [0.1, 0.15) is 0 Å². The Morgan fingerprint density at radius 3 is 2.92 bits per heavy atom. The standard InChI is InChI=1S/C7H14N2O3/c1-8-7(11)2-9-5-3-12-4-6(5)10/h5-6,9-10H,2-4H2,1H3,(H,8,11). The van der Waals surface area contributed by atoms with Gasteiger partial charge in [0.2, 0.25) is 5.91 Å². The molecule has 1 rings (SSSR count). The number of carbonyl (C=O) groups is 1. The summed E-state index contributed by atoms with van der Waals surface area (Å²) in [7, 11) is 1.57. The summed E-state index contributed by atoms with van der Waals surface area (Å²) in [5.41, 5.74) is 0. The number of likely N-dealkylation sites (N-methyl/N-ethyl adjacent to an activating group) is 1. The second kappa shape index (κ2) is 4.39. The number of hydrogen-bond acceptors (Lipinski definition) is 4. The summed E-state index contributed by atoms with van der Waals surface area (Å²) in [5, 5.41) is 14.6. The fraction of sp³-hybridized carbons (Fsp3) is 0.857. The number of rotatable bonds is 3. The van der Waals surface area contributed by atoms with Gasteiger partial charge in [-0.2, -0.15) is 0 Å². The lowest BCUT2D eigenvalue weighted by Gasteiger charge is -2.13. The topological polar surface area (TPSA) is 70.6 Å². The van der Waals surface area contributed by atoms with E-state index in [-0.39, 0.29) is 18.5 Å². The van der Waals surface area contributed by atoms with Crippen LogP contribution in [0, 0.1) is 0 Å². The Morgan fingerprint density at radius 2 is 2.42 bits per heavy atom. The maximum Gasteiger partial charge on any atom is 0.233 e. The molecule has 1 heterocycles. The van der Waals surface area contributed by atoms with Crippen molar-refractivity contribution in [2.45, 2.75) is 12.1 Å². The third-order valence-electron chi connectivity index (χ3n) is 1.85. The van der Waals surface area contributed by atoms with E-state index in [0.29, 0.717) is 13.2 Å². The maximum absolute atomic E-state index is 10.8. The molecule has 0 aromatic heterocycles. The predicted molar refractivity (Wildman–Crippen MR) is 42.7 cm³/mol. The molecule has 0 radical (unpaired) electrons. The number of carbonyl (C=O) groups excluding carboxylic acids is 1. The van der Waals surface area contributed by atoms with Crippen LogP contribution in [0.25, 0.3) is 0 Å². The zero-order valence-electron chi connectivity index (χ0n) is 7.04. The van der Waals surface area contributed by atoms with E-state index in [1.165, 1.54) is 0 Å². The Bertz CT molecular complexity index is 163. The highest BCUT2D eigenvalue weighted by Gasteiger charge is 2.25. The van der Waals surface area contributed by atoms with Crippen LogP contribution in [0.15, 0.2) is 0 Å². The number of hydrogen-bond donors (Lipinski definition) is 3. The highest BCUT2D eigenvalue weighted by Crippen LogP contribution is 2.03. The van der Waals surface area contributed by atoms with Crippen molar-refractivity contribution >= 4 is 5.91 Å². The van der Waals surface area contributed by atoms with Gasteiger partial charge in [0, 0.05) is 7.05 Å².